The van der Waals surface area contributed by atoms with Gasteiger partial charge in [0, 0.05) is 11.3 Å². The van der Waals surface area contributed by atoms with Crippen LogP contribution in [0.2, 0.25) is 6.82 Å². The lowest BCUT2D eigenvalue weighted by atomic mass is 9.99. The summed E-state index contributed by atoms with van der Waals surface area (Å²) < 4.78 is 0. The van der Waals surface area contributed by atoms with Crippen LogP contribution in [-0.2, 0) is 4.79 Å². The maximum absolute atomic E-state index is 11.1. The Bertz CT molecular complexity index is 336. The van der Waals surface area contributed by atoms with E-state index in [9.17, 15) is 4.79 Å². The molecule has 5 heteroatoms. The maximum Gasteiger partial charge on any atom is 0.448 e. The largest absolute Gasteiger partial charge is 0.448 e. The Morgan fingerprint density at radius 2 is 1.75 bits per heavy atom. The number of carbonyl (C=O) groups is 1. The van der Waals surface area contributed by atoms with Crippen molar-refractivity contribution in [2.24, 2.45) is 0 Å². The fourth-order valence-corrected chi connectivity index (χ4v) is 0.759. The lowest BCUT2D eigenvalue weighted by molar-refractivity contribution is -0.112. The van der Waals surface area contributed by atoms with Crippen LogP contribution in [-0.4, -0.2) is 23.1 Å². The second-order valence-electron chi connectivity index (χ2n) is 3.23. The molecule has 0 unspecified atom stereocenters. The summed E-state index contributed by atoms with van der Waals surface area (Å²) in [6.07, 6.45) is 0. The molecule has 0 radical (unpaired) electrons. The molecule has 0 aliphatic carbocycles. The summed E-state index contributed by atoms with van der Waals surface area (Å²) in [5.74, 6) is -0.138. The summed E-state index contributed by atoms with van der Waals surface area (Å²) in [5.41, 5.74) is 1.31. The van der Waals surface area contributed by atoms with E-state index in [1.807, 2.05) is 30.3 Å². The summed E-state index contributed by atoms with van der Waals surface area (Å²) in [6.45, 7) is 6.50. The second kappa shape index (κ2) is 7.67. The van der Waals surface area contributed by atoms with Gasteiger partial charge < -0.3 is 15.4 Å². The van der Waals surface area contributed by atoms with Crippen molar-refractivity contribution in [3.05, 3.63) is 42.5 Å². The van der Waals surface area contributed by atoms with E-state index < -0.39 is 7.12 Å². The van der Waals surface area contributed by atoms with E-state index in [2.05, 4.69) is 11.9 Å². The number of nitrogens with one attached hydrogen (secondary N) is 1. The normalized spacial score (nSPS) is 8.50. The van der Waals surface area contributed by atoms with Crippen LogP contribution in [0.15, 0.2) is 42.5 Å². The molecule has 1 aromatic rings. The molecule has 3 N–H and O–H groups in total. The van der Waals surface area contributed by atoms with Gasteiger partial charge in [-0.25, -0.2) is 0 Å². The summed E-state index contributed by atoms with van der Waals surface area (Å²) >= 11 is 0. The molecule has 0 fully saturated rings. The zero-order valence-corrected chi connectivity index (χ0v) is 9.47. The first-order chi connectivity index (χ1) is 7.43. The third kappa shape index (κ3) is 7.79. The zero-order valence-electron chi connectivity index (χ0n) is 9.47. The molecule has 1 rings (SSSR count). The van der Waals surface area contributed by atoms with Crippen LogP contribution < -0.4 is 5.32 Å². The minimum atomic E-state index is -1.17. The quantitative estimate of drug-likeness (QED) is 0.520. The highest BCUT2D eigenvalue weighted by atomic mass is 16.4. The molecule has 0 heterocycles. The van der Waals surface area contributed by atoms with Gasteiger partial charge in [-0.05, 0) is 25.9 Å². The smallest absolute Gasteiger partial charge is 0.427 e. The van der Waals surface area contributed by atoms with Crippen LogP contribution in [0, 0.1) is 0 Å². The number of hydrogen-bond donors (Lipinski definition) is 3. The first-order valence-electron chi connectivity index (χ1n) is 4.81. The fourth-order valence-electron chi connectivity index (χ4n) is 0.759. The maximum atomic E-state index is 11.1. The van der Waals surface area contributed by atoms with Crippen LogP contribution in [0.5, 0.6) is 0 Å². The molecule has 86 valence electrons. The highest BCUT2D eigenvalue weighted by Crippen LogP contribution is 2.05. The van der Waals surface area contributed by atoms with Crippen LogP contribution in [0.1, 0.15) is 6.92 Å². The van der Waals surface area contributed by atoms with Gasteiger partial charge in [0.2, 0.25) is 0 Å². The van der Waals surface area contributed by atoms with Crippen LogP contribution >= 0.6 is 0 Å². The topological polar surface area (TPSA) is 69.6 Å². The van der Waals surface area contributed by atoms with Crippen molar-refractivity contribution in [3.63, 3.8) is 0 Å². The summed E-state index contributed by atoms with van der Waals surface area (Å²) in [6, 6.07) is 9.31. The van der Waals surface area contributed by atoms with Crippen molar-refractivity contribution >= 4 is 18.7 Å². The molecule has 0 spiro atoms. The molecule has 1 aromatic carbocycles. The van der Waals surface area contributed by atoms with Crippen LogP contribution in [0.3, 0.4) is 0 Å². The summed E-state index contributed by atoms with van der Waals surface area (Å²) in [7, 11) is -1.17. The second-order valence-corrected chi connectivity index (χ2v) is 3.23. The molecular formula is C11H16BNO3. The molecule has 4 nitrogen and oxygen atoms in total. The number of para-hydroxylation sites is 1. The monoisotopic (exact) mass is 221 g/mol. The highest BCUT2D eigenvalue weighted by Gasteiger charge is 2.00. The number of benzene rings is 1. The molecular weight excluding hydrogens is 205 g/mol. The summed E-state index contributed by atoms with van der Waals surface area (Å²) in [5, 5.41) is 17.9. The average molecular weight is 221 g/mol. The third-order valence-electron chi connectivity index (χ3n) is 1.42. The van der Waals surface area contributed by atoms with Gasteiger partial charge in [0.25, 0.3) is 5.91 Å². The average Bonchev–Trinajstić information content (AvgIpc) is 2.18. The highest BCUT2D eigenvalue weighted by molar-refractivity contribution is 6.38. The van der Waals surface area contributed by atoms with Crippen molar-refractivity contribution < 1.29 is 14.8 Å². The van der Waals surface area contributed by atoms with E-state index in [0.717, 1.165) is 5.69 Å². The third-order valence-corrected chi connectivity index (χ3v) is 1.42. The van der Waals surface area contributed by atoms with Crippen LogP contribution in [0.25, 0.3) is 0 Å². The van der Waals surface area contributed by atoms with E-state index >= 15 is 0 Å². The zero-order chi connectivity index (χ0) is 12.6. The standard InChI is InChI=1S/C10H11NO.CH5BO2/c1-8(2)10(12)11-9-6-4-3-5-7-9;1-2(3)4/h3-7H,1H2,2H3,(H,11,12);3-4H,1H3. The Morgan fingerprint density at radius 1 is 1.31 bits per heavy atom. The van der Waals surface area contributed by atoms with E-state index in [1.54, 1.807) is 6.92 Å². The van der Waals surface area contributed by atoms with Gasteiger partial charge in [0.05, 0.1) is 0 Å². The van der Waals surface area contributed by atoms with E-state index in [1.165, 1.54) is 6.82 Å². The molecule has 0 atom stereocenters. The van der Waals surface area contributed by atoms with Gasteiger partial charge in [-0.15, -0.1) is 0 Å². The van der Waals surface area contributed by atoms with Crippen molar-refractivity contribution in [1.82, 2.24) is 0 Å². The number of amides is 1. The lowest BCUT2D eigenvalue weighted by Gasteiger charge is -2.02. The predicted octanol–water partition coefficient (Wildman–Crippen LogP) is 1.29. The van der Waals surface area contributed by atoms with Gasteiger partial charge in [-0.2, -0.15) is 0 Å². The lowest BCUT2D eigenvalue weighted by Crippen LogP contribution is -2.11. The van der Waals surface area contributed by atoms with E-state index in [4.69, 9.17) is 10.0 Å². The van der Waals surface area contributed by atoms with Crippen LogP contribution in [0.4, 0.5) is 5.69 Å². The molecule has 0 bridgehead atoms. The first kappa shape index (κ1) is 14.4. The molecule has 0 saturated carbocycles. The van der Waals surface area contributed by atoms with E-state index in [0.29, 0.717) is 5.57 Å². The number of hydrogen-bond acceptors (Lipinski definition) is 3. The van der Waals surface area contributed by atoms with Gasteiger partial charge in [-0.1, -0.05) is 24.8 Å². The van der Waals surface area contributed by atoms with Crippen molar-refractivity contribution in [2.45, 2.75) is 13.7 Å². The predicted molar refractivity (Wildman–Crippen MR) is 65.9 cm³/mol. The first-order valence-corrected chi connectivity index (χ1v) is 4.81. The van der Waals surface area contributed by atoms with Crippen molar-refractivity contribution in [3.8, 4) is 0 Å². The Labute approximate surface area is 95.8 Å². The van der Waals surface area contributed by atoms with Crippen molar-refractivity contribution in [1.29, 1.82) is 0 Å². The molecule has 0 saturated heterocycles. The SMILES string of the molecule is C=C(C)C(=O)Nc1ccccc1.CB(O)O. The number of anilines is 1. The molecule has 16 heavy (non-hydrogen) atoms. The minimum Gasteiger partial charge on any atom is -0.427 e. The minimum absolute atomic E-state index is 0.138. The number of rotatable bonds is 2. The van der Waals surface area contributed by atoms with Crippen molar-refractivity contribution in [2.75, 3.05) is 5.32 Å². The molecule has 0 aliphatic heterocycles. The Hall–Kier alpha value is -1.59. The Kier molecular flexibility index (Phi) is 6.91. The number of carbonyl (C=O) groups excluding carboxylic acids is 1. The summed E-state index contributed by atoms with van der Waals surface area (Å²) in [4.78, 5) is 11.1. The van der Waals surface area contributed by atoms with Gasteiger partial charge in [0.15, 0.2) is 0 Å². The van der Waals surface area contributed by atoms with Gasteiger partial charge in [0.1, 0.15) is 0 Å². The Balaban J connectivity index is 0.000000487. The molecule has 0 aliphatic rings. The fraction of sp³-hybridized carbons (Fsp3) is 0.182. The van der Waals surface area contributed by atoms with E-state index in [-0.39, 0.29) is 5.91 Å². The molecule has 1 amide bonds. The Morgan fingerprint density at radius 3 is 2.12 bits per heavy atom. The molecule has 0 aromatic heterocycles. The van der Waals surface area contributed by atoms with Gasteiger partial charge in [-0.3, -0.25) is 4.79 Å². The van der Waals surface area contributed by atoms with Gasteiger partial charge >= 0.3 is 7.12 Å².